The number of carbonyl (C=O) groups excluding carboxylic acids is 1. The van der Waals surface area contributed by atoms with Crippen molar-refractivity contribution in [2.75, 3.05) is 18.4 Å². The topological polar surface area (TPSA) is 32.3 Å². The van der Waals surface area contributed by atoms with Crippen LogP contribution in [0.15, 0.2) is 18.2 Å². The van der Waals surface area contributed by atoms with Gasteiger partial charge in [-0.15, -0.1) is 0 Å². The first-order valence-electron chi connectivity index (χ1n) is 7.60. The Kier molecular flexibility index (Phi) is 5.85. The molecule has 0 radical (unpaired) electrons. The third kappa shape index (κ3) is 4.34. The van der Waals surface area contributed by atoms with Gasteiger partial charge in [0.05, 0.1) is 5.02 Å². The van der Waals surface area contributed by atoms with Crippen molar-refractivity contribution in [1.29, 1.82) is 0 Å². The largest absolute Gasteiger partial charge is 0.384 e. The van der Waals surface area contributed by atoms with Gasteiger partial charge in [-0.1, -0.05) is 18.5 Å². The minimum atomic E-state index is -0.433. The molecule has 1 heterocycles. The molecule has 0 aromatic heterocycles. The first-order valence-corrected chi connectivity index (χ1v) is 7.98. The second-order valence-corrected chi connectivity index (χ2v) is 5.86. The van der Waals surface area contributed by atoms with Crippen LogP contribution >= 0.6 is 11.6 Å². The summed E-state index contributed by atoms with van der Waals surface area (Å²) in [6, 6.07) is 4.88. The molecular weight excluding hydrogens is 291 g/mol. The van der Waals surface area contributed by atoms with Crippen LogP contribution in [0.3, 0.4) is 0 Å². The molecule has 3 nitrogen and oxygen atoms in total. The number of benzene rings is 1. The number of likely N-dealkylation sites (tertiary alicyclic amines) is 1. The van der Waals surface area contributed by atoms with Crippen LogP contribution in [0, 0.1) is 5.82 Å². The molecule has 1 aliphatic rings. The van der Waals surface area contributed by atoms with Crippen LogP contribution in [0.2, 0.25) is 5.02 Å². The number of piperidine rings is 1. The zero-order chi connectivity index (χ0) is 15.2. The normalized spacial score (nSPS) is 18.6. The summed E-state index contributed by atoms with van der Waals surface area (Å²) in [6.07, 6.45) is 4.90. The van der Waals surface area contributed by atoms with Crippen LogP contribution in [0.5, 0.6) is 0 Å². The van der Waals surface area contributed by atoms with Crippen molar-refractivity contribution >= 4 is 23.2 Å². The highest BCUT2D eigenvalue weighted by Crippen LogP contribution is 2.21. The van der Waals surface area contributed by atoms with Gasteiger partial charge in [0, 0.05) is 31.2 Å². The van der Waals surface area contributed by atoms with Crippen molar-refractivity contribution < 1.29 is 9.18 Å². The molecule has 0 spiro atoms. The molecule has 1 N–H and O–H groups in total. The number of anilines is 1. The predicted octanol–water partition coefficient (Wildman–Crippen LogP) is 4.07. The standard InChI is InChI=1S/C16H22ClFN2O/c1-2-13-5-3-4-10-20(13)16(21)8-9-19-12-6-7-15(18)14(17)11-12/h6-7,11,13,19H,2-5,8-10H2,1H3. The van der Waals surface area contributed by atoms with E-state index in [0.29, 0.717) is 19.0 Å². The van der Waals surface area contributed by atoms with Crippen LogP contribution in [-0.2, 0) is 4.79 Å². The SMILES string of the molecule is CCC1CCCCN1C(=O)CCNc1ccc(F)c(Cl)c1. The highest BCUT2D eigenvalue weighted by atomic mass is 35.5. The second-order valence-electron chi connectivity index (χ2n) is 5.45. The number of rotatable bonds is 5. The summed E-state index contributed by atoms with van der Waals surface area (Å²) in [4.78, 5) is 14.3. The van der Waals surface area contributed by atoms with Gasteiger partial charge in [-0.3, -0.25) is 4.79 Å². The Morgan fingerprint density at radius 3 is 3.00 bits per heavy atom. The maximum absolute atomic E-state index is 13.1. The first kappa shape index (κ1) is 16.1. The first-order chi connectivity index (χ1) is 10.1. The van der Waals surface area contributed by atoms with Crippen molar-refractivity contribution in [1.82, 2.24) is 4.90 Å². The van der Waals surface area contributed by atoms with Gasteiger partial charge in [0.15, 0.2) is 0 Å². The Morgan fingerprint density at radius 2 is 2.29 bits per heavy atom. The molecule has 21 heavy (non-hydrogen) atoms. The average Bonchev–Trinajstić information content (AvgIpc) is 2.50. The number of hydrogen-bond acceptors (Lipinski definition) is 2. The van der Waals surface area contributed by atoms with Crippen LogP contribution in [-0.4, -0.2) is 29.9 Å². The molecule has 1 saturated heterocycles. The zero-order valence-corrected chi connectivity index (χ0v) is 13.1. The second kappa shape index (κ2) is 7.64. The maximum Gasteiger partial charge on any atom is 0.224 e. The molecule has 0 aliphatic carbocycles. The van der Waals surface area contributed by atoms with E-state index in [4.69, 9.17) is 11.6 Å². The van der Waals surface area contributed by atoms with Gasteiger partial charge < -0.3 is 10.2 Å². The molecule has 0 bridgehead atoms. The van der Waals surface area contributed by atoms with E-state index >= 15 is 0 Å². The van der Waals surface area contributed by atoms with E-state index in [2.05, 4.69) is 12.2 Å². The fraction of sp³-hybridized carbons (Fsp3) is 0.562. The number of halogens is 2. The maximum atomic E-state index is 13.1. The Hall–Kier alpha value is -1.29. The molecule has 5 heteroatoms. The van der Waals surface area contributed by atoms with Gasteiger partial charge in [-0.05, 0) is 43.9 Å². The lowest BCUT2D eigenvalue weighted by molar-refractivity contribution is -0.134. The molecule has 2 rings (SSSR count). The third-order valence-electron chi connectivity index (χ3n) is 4.01. The summed E-state index contributed by atoms with van der Waals surface area (Å²) in [5.41, 5.74) is 0.736. The van der Waals surface area contributed by atoms with E-state index in [1.807, 2.05) is 4.90 Å². The molecule has 0 saturated carbocycles. The summed E-state index contributed by atoms with van der Waals surface area (Å²) in [5, 5.41) is 3.21. The Bertz CT molecular complexity index is 495. The summed E-state index contributed by atoms with van der Waals surface area (Å²) in [6.45, 7) is 3.54. The van der Waals surface area contributed by atoms with Gasteiger partial charge in [0.1, 0.15) is 5.82 Å². The third-order valence-corrected chi connectivity index (χ3v) is 4.30. The lowest BCUT2D eigenvalue weighted by atomic mass is 9.99. The van der Waals surface area contributed by atoms with E-state index in [1.165, 1.54) is 18.6 Å². The number of nitrogens with one attached hydrogen (secondary N) is 1. The fourth-order valence-corrected chi connectivity index (χ4v) is 3.00. The zero-order valence-electron chi connectivity index (χ0n) is 12.4. The summed E-state index contributed by atoms with van der Waals surface area (Å²) >= 11 is 5.72. The van der Waals surface area contributed by atoms with Crippen molar-refractivity contribution in [2.24, 2.45) is 0 Å². The smallest absolute Gasteiger partial charge is 0.224 e. The highest BCUT2D eigenvalue weighted by molar-refractivity contribution is 6.31. The Balaban J connectivity index is 1.82. The van der Waals surface area contributed by atoms with E-state index < -0.39 is 5.82 Å². The summed E-state index contributed by atoms with van der Waals surface area (Å²) in [5.74, 6) is -0.236. The number of nitrogens with zero attached hydrogens (tertiary/aromatic N) is 1. The van der Waals surface area contributed by atoms with E-state index in [1.54, 1.807) is 6.07 Å². The molecule has 1 unspecified atom stereocenters. The van der Waals surface area contributed by atoms with E-state index in [0.717, 1.165) is 31.5 Å². The lowest BCUT2D eigenvalue weighted by Gasteiger charge is -2.35. The van der Waals surface area contributed by atoms with Gasteiger partial charge in [0.25, 0.3) is 0 Å². The highest BCUT2D eigenvalue weighted by Gasteiger charge is 2.24. The van der Waals surface area contributed by atoms with Crippen LogP contribution in [0.25, 0.3) is 0 Å². The van der Waals surface area contributed by atoms with Crippen molar-refractivity contribution in [3.05, 3.63) is 29.0 Å². The van der Waals surface area contributed by atoms with Gasteiger partial charge >= 0.3 is 0 Å². The Labute approximate surface area is 130 Å². The molecule has 1 atom stereocenters. The summed E-state index contributed by atoms with van der Waals surface area (Å²) in [7, 11) is 0. The van der Waals surface area contributed by atoms with E-state index in [9.17, 15) is 9.18 Å². The predicted molar refractivity (Wildman–Crippen MR) is 84.2 cm³/mol. The van der Waals surface area contributed by atoms with Gasteiger partial charge in [0.2, 0.25) is 5.91 Å². The molecular formula is C16H22ClFN2O. The quantitative estimate of drug-likeness (QED) is 0.888. The lowest BCUT2D eigenvalue weighted by Crippen LogP contribution is -2.43. The van der Waals surface area contributed by atoms with Crippen LogP contribution in [0.1, 0.15) is 39.0 Å². The van der Waals surface area contributed by atoms with Crippen LogP contribution < -0.4 is 5.32 Å². The Morgan fingerprint density at radius 1 is 1.48 bits per heavy atom. The number of amides is 1. The summed E-state index contributed by atoms with van der Waals surface area (Å²) < 4.78 is 13.1. The molecule has 1 fully saturated rings. The molecule has 1 aliphatic heterocycles. The molecule has 1 aromatic carbocycles. The minimum Gasteiger partial charge on any atom is -0.384 e. The van der Waals surface area contributed by atoms with Crippen molar-refractivity contribution in [2.45, 2.75) is 45.1 Å². The van der Waals surface area contributed by atoms with Gasteiger partial charge in [-0.25, -0.2) is 4.39 Å². The molecule has 116 valence electrons. The molecule has 1 aromatic rings. The van der Waals surface area contributed by atoms with Gasteiger partial charge in [-0.2, -0.15) is 0 Å². The fourth-order valence-electron chi connectivity index (χ4n) is 2.82. The average molecular weight is 313 g/mol. The van der Waals surface area contributed by atoms with Crippen molar-refractivity contribution in [3.63, 3.8) is 0 Å². The van der Waals surface area contributed by atoms with Crippen LogP contribution in [0.4, 0.5) is 10.1 Å². The number of carbonyl (C=O) groups is 1. The monoisotopic (exact) mass is 312 g/mol. The van der Waals surface area contributed by atoms with Crippen molar-refractivity contribution in [3.8, 4) is 0 Å². The van der Waals surface area contributed by atoms with E-state index in [-0.39, 0.29) is 10.9 Å². The number of hydrogen-bond donors (Lipinski definition) is 1. The minimum absolute atomic E-state index is 0.0911. The molecule has 1 amide bonds.